The molecule has 1 aromatic rings. The van der Waals surface area contributed by atoms with E-state index in [0.29, 0.717) is 11.5 Å². The Balaban J connectivity index is 0.00000220. The summed E-state index contributed by atoms with van der Waals surface area (Å²) in [5.41, 5.74) is 0.450. The molecule has 1 aromatic carbocycles. The van der Waals surface area contributed by atoms with E-state index in [4.69, 9.17) is 0 Å². The number of nitrogens with zero attached hydrogens (tertiary/aromatic N) is 1. The lowest BCUT2D eigenvalue weighted by molar-refractivity contribution is -0.127. The fourth-order valence-electron chi connectivity index (χ4n) is 2.52. The van der Waals surface area contributed by atoms with E-state index in [1.165, 1.54) is 12.1 Å². The predicted molar refractivity (Wildman–Crippen MR) is 85.9 cm³/mol. The van der Waals surface area contributed by atoms with E-state index in [0.717, 1.165) is 32.5 Å². The van der Waals surface area contributed by atoms with Crippen LogP contribution >= 0.6 is 12.4 Å². The van der Waals surface area contributed by atoms with Crippen LogP contribution in [0.4, 0.5) is 4.39 Å². The summed E-state index contributed by atoms with van der Waals surface area (Å²) >= 11 is 0. The van der Waals surface area contributed by atoms with Gasteiger partial charge in [-0.3, -0.25) is 4.79 Å². The fraction of sp³-hybridized carbons (Fsp3) is 0.438. The van der Waals surface area contributed by atoms with Gasteiger partial charge in [0, 0.05) is 24.7 Å². The van der Waals surface area contributed by atoms with Crippen molar-refractivity contribution in [1.29, 1.82) is 0 Å². The van der Waals surface area contributed by atoms with Crippen molar-refractivity contribution in [3.8, 4) is 0 Å². The third kappa shape index (κ3) is 5.14. The summed E-state index contributed by atoms with van der Waals surface area (Å²) in [5, 5.41) is 3.18. The number of rotatable bonds is 4. The molecule has 0 atom stereocenters. The highest BCUT2D eigenvalue weighted by Gasteiger charge is 2.20. The Morgan fingerprint density at radius 3 is 2.67 bits per heavy atom. The largest absolute Gasteiger partial charge is 0.339 e. The molecule has 1 saturated heterocycles. The number of piperidine rings is 1. The van der Waals surface area contributed by atoms with Gasteiger partial charge in [-0.05, 0) is 44.5 Å². The van der Waals surface area contributed by atoms with E-state index in [1.807, 2.05) is 11.9 Å². The van der Waals surface area contributed by atoms with Crippen molar-refractivity contribution >= 4 is 24.4 Å². The standard InChI is InChI=1S/C16H21FN2O.ClH/c1-18-12-13-8-10-19(11-9-13)16(20)7-6-14-4-2-3-5-15(14)17;/h2-7,13,18H,8-12H2,1H3;1H/b7-6+;. The van der Waals surface area contributed by atoms with Gasteiger partial charge in [0.15, 0.2) is 0 Å². The van der Waals surface area contributed by atoms with Crippen molar-refractivity contribution in [3.63, 3.8) is 0 Å². The lowest BCUT2D eigenvalue weighted by atomic mass is 9.97. The number of carbonyl (C=O) groups is 1. The average Bonchev–Trinajstić information content (AvgIpc) is 2.47. The number of nitrogens with one attached hydrogen (secondary N) is 1. The molecule has 1 N–H and O–H groups in total. The second-order valence-corrected chi connectivity index (χ2v) is 5.18. The molecule has 0 aliphatic carbocycles. The van der Waals surface area contributed by atoms with E-state index in [2.05, 4.69) is 5.32 Å². The molecule has 3 nitrogen and oxygen atoms in total. The number of carbonyl (C=O) groups excluding carboxylic acids is 1. The van der Waals surface area contributed by atoms with Gasteiger partial charge in [0.25, 0.3) is 0 Å². The molecule has 1 heterocycles. The zero-order chi connectivity index (χ0) is 14.4. The number of likely N-dealkylation sites (tertiary alicyclic amines) is 1. The Hall–Kier alpha value is -1.39. The van der Waals surface area contributed by atoms with Gasteiger partial charge in [0.2, 0.25) is 5.91 Å². The van der Waals surface area contributed by atoms with E-state index in [9.17, 15) is 9.18 Å². The highest BCUT2D eigenvalue weighted by atomic mass is 35.5. The minimum Gasteiger partial charge on any atom is -0.339 e. The van der Waals surface area contributed by atoms with E-state index < -0.39 is 0 Å². The van der Waals surface area contributed by atoms with Crippen LogP contribution < -0.4 is 5.32 Å². The summed E-state index contributed by atoms with van der Waals surface area (Å²) in [5.74, 6) is 0.319. The van der Waals surface area contributed by atoms with Crippen LogP contribution in [-0.4, -0.2) is 37.5 Å². The van der Waals surface area contributed by atoms with Crippen molar-refractivity contribution in [2.45, 2.75) is 12.8 Å². The number of benzene rings is 1. The molecule has 0 bridgehead atoms. The van der Waals surface area contributed by atoms with Crippen LogP contribution in [0.15, 0.2) is 30.3 Å². The molecule has 0 saturated carbocycles. The molecule has 116 valence electrons. The second kappa shape index (κ2) is 8.80. The molecule has 0 unspecified atom stereocenters. The molecule has 1 fully saturated rings. The van der Waals surface area contributed by atoms with Crippen LogP contribution in [-0.2, 0) is 4.79 Å². The molecule has 1 aliphatic rings. The van der Waals surface area contributed by atoms with Crippen molar-refractivity contribution in [1.82, 2.24) is 10.2 Å². The summed E-state index contributed by atoms with van der Waals surface area (Å²) in [4.78, 5) is 13.9. The molecule has 0 spiro atoms. The Bertz CT molecular complexity index is 485. The minimum atomic E-state index is -0.302. The van der Waals surface area contributed by atoms with Crippen LogP contribution in [0.25, 0.3) is 6.08 Å². The topological polar surface area (TPSA) is 32.3 Å². The van der Waals surface area contributed by atoms with Crippen molar-refractivity contribution in [3.05, 3.63) is 41.7 Å². The predicted octanol–water partition coefficient (Wildman–Crippen LogP) is 2.72. The van der Waals surface area contributed by atoms with Crippen LogP contribution in [0.2, 0.25) is 0 Å². The Kier molecular flexibility index (Phi) is 7.40. The highest BCUT2D eigenvalue weighted by Crippen LogP contribution is 2.17. The Morgan fingerprint density at radius 2 is 2.05 bits per heavy atom. The molecule has 0 aromatic heterocycles. The van der Waals surface area contributed by atoms with Crippen LogP contribution in [0.5, 0.6) is 0 Å². The fourth-order valence-corrected chi connectivity index (χ4v) is 2.52. The normalized spacial score (nSPS) is 16.0. The molecule has 1 aliphatic heterocycles. The molecule has 1 amide bonds. The minimum absolute atomic E-state index is 0. The zero-order valence-electron chi connectivity index (χ0n) is 12.2. The summed E-state index contributed by atoms with van der Waals surface area (Å²) in [6.07, 6.45) is 5.08. The van der Waals surface area contributed by atoms with Gasteiger partial charge in [-0.25, -0.2) is 4.39 Å². The second-order valence-electron chi connectivity index (χ2n) is 5.18. The quantitative estimate of drug-likeness (QED) is 0.867. The average molecular weight is 313 g/mol. The first-order valence-corrected chi connectivity index (χ1v) is 7.07. The molecule has 0 radical (unpaired) electrons. The summed E-state index contributed by atoms with van der Waals surface area (Å²) in [7, 11) is 1.95. The Morgan fingerprint density at radius 1 is 1.38 bits per heavy atom. The number of halogens is 2. The van der Waals surface area contributed by atoms with Crippen LogP contribution in [0, 0.1) is 11.7 Å². The van der Waals surface area contributed by atoms with Gasteiger partial charge in [0.1, 0.15) is 5.82 Å². The summed E-state index contributed by atoms with van der Waals surface area (Å²) in [6.45, 7) is 2.58. The highest BCUT2D eigenvalue weighted by molar-refractivity contribution is 5.91. The lowest BCUT2D eigenvalue weighted by Gasteiger charge is -2.31. The van der Waals surface area contributed by atoms with Crippen molar-refractivity contribution < 1.29 is 9.18 Å². The monoisotopic (exact) mass is 312 g/mol. The Labute approximate surface area is 131 Å². The maximum atomic E-state index is 13.4. The molecule has 21 heavy (non-hydrogen) atoms. The van der Waals surface area contributed by atoms with Crippen molar-refractivity contribution in [2.75, 3.05) is 26.7 Å². The number of amides is 1. The van der Waals surface area contributed by atoms with Gasteiger partial charge >= 0.3 is 0 Å². The lowest BCUT2D eigenvalue weighted by Crippen LogP contribution is -2.39. The van der Waals surface area contributed by atoms with Gasteiger partial charge < -0.3 is 10.2 Å². The molecule has 2 rings (SSSR count). The molecular weight excluding hydrogens is 291 g/mol. The third-order valence-electron chi connectivity index (χ3n) is 3.73. The maximum Gasteiger partial charge on any atom is 0.246 e. The number of hydrogen-bond donors (Lipinski definition) is 1. The first-order valence-electron chi connectivity index (χ1n) is 7.07. The van der Waals surface area contributed by atoms with E-state index in [-0.39, 0.29) is 24.1 Å². The smallest absolute Gasteiger partial charge is 0.246 e. The van der Waals surface area contributed by atoms with E-state index in [1.54, 1.807) is 24.3 Å². The first-order chi connectivity index (χ1) is 9.70. The van der Waals surface area contributed by atoms with Gasteiger partial charge in [-0.1, -0.05) is 18.2 Å². The van der Waals surface area contributed by atoms with Crippen LogP contribution in [0.3, 0.4) is 0 Å². The van der Waals surface area contributed by atoms with E-state index >= 15 is 0 Å². The molecular formula is C16H22ClFN2O. The van der Waals surface area contributed by atoms with Gasteiger partial charge in [0.05, 0.1) is 0 Å². The SMILES string of the molecule is CNCC1CCN(C(=O)/C=C/c2ccccc2F)CC1.Cl. The van der Waals surface area contributed by atoms with Gasteiger partial charge in [-0.15, -0.1) is 12.4 Å². The third-order valence-corrected chi connectivity index (χ3v) is 3.73. The summed E-state index contributed by atoms with van der Waals surface area (Å²) in [6, 6.07) is 6.46. The number of hydrogen-bond acceptors (Lipinski definition) is 2. The van der Waals surface area contributed by atoms with Crippen molar-refractivity contribution in [2.24, 2.45) is 5.92 Å². The first kappa shape index (κ1) is 17.7. The summed E-state index contributed by atoms with van der Waals surface area (Å²) < 4.78 is 13.4. The zero-order valence-corrected chi connectivity index (χ0v) is 13.0. The molecule has 5 heteroatoms. The van der Waals surface area contributed by atoms with Gasteiger partial charge in [-0.2, -0.15) is 0 Å². The maximum absolute atomic E-state index is 13.4. The van der Waals surface area contributed by atoms with Crippen LogP contribution in [0.1, 0.15) is 18.4 Å².